The number of rotatable bonds is 4. The van der Waals surface area contributed by atoms with Gasteiger partial charge in [0.15, 0.2) is 5.75 Å². The Hall–Kier alpha value is -5.70. The Kier molecular flexibility index (Phi) is 13.3. The van der Waals surface area contributed by atoms with Gasteiger partial charge in [0, 0.05) is 67.4 Å². The number of methoxy groups -OCH3 is 1. The number of nitrogens with zero attached hydrogens (tertiary/aromatic N) is 1. The minimum absolute atomic E-state index is 0.0441. The van der Waals surface area contributed by atoms with Crippen molar-refractivity contribution in [3.8, 4) is 23.0 Å². The number of phenolic OH excluding ortho intramolecular Hbond substituents is 3. The van der Waals surface area contributed by atoms with Gasteiger partial charge in [-0.2, -0.15) is 0 Å². The summed E-state index contributed by atoms with van der Waals surface area (Å²) < 4.78 is 23.6. The standard InChI is InChI=1S/C45H54N2O12/c1-21-14-16-29(17-15-21)46-20-30-35-40(53)33-32(39(30)52)34-42(27(7)38(33)51)59-45(9,43(34)54)57-19-18-31(56-10)24(4)41(58-28(8)48)26(6)37(50)25(5)36(49)22(2)12-11-13-23(3)44(55)47-35/h11-20,22,24-26,31,36-37,41,49-53H,1-10H3,(H,47,55). The molecule has 59 heavy (non-hydrogen) atoms. The van der Waals surface area contributed by atoms with Gasteiger partial charge in [0.1, 0.15) is 23.4 Å². The number of ketones is 1. The monoisotopic (exact) mass is 814 g/mol. The van der Waals surface area contributed by atoms with Gasteiger partial charge >= 0.3 is 11.8 Å². The molecule has 0 spiro atoms. The number of Topliss-reactive ketones (excluding diaryl/α,β-unsaturated/α-hetero) is 1. The molecule has 0 aromatic heterocycles. The molecule has 1 amide bonds. The number of aliphatic imine (C=N–C) groups is 1. The number of phenols is 3. The van der Waals surface area contributed by atoms with Crippen molar-refractivity contribution in [3.63, 3.8) is 0 Å². The van der Waals surface area contributed by atoms with Crippen molar-refractivity contribution in [2.24, 2.45) is 28.7 Å². The maximum atomic E-state index is 14.4. The molecule has 316 valence electrons. The maximum Gasteiger partial charge on any atom is 0.312 e. The summed E-state index contributed by atoms with van der Waals surface area (Å²) in [4.78, 5) is 44.9. The summed E-state index contributed by atoms with van der Waals surface area (Å²) in [5.74, 6) is -8.49. The van der Waals surface area contributed by atoms with E-state index < -0.39 is 88.8 Å². The number of aromatic hydroxyl groups is 3. The normalized spacial score (nSPS) is 28.1. The Morgan fingerprint density at radius 1 is 0.898 bits per heavy atom. The number of esters is 1. The van der Waals surface area contributed by atoms with Gasteiger partial charge in [-0.05, 0) is 39.0 Å². The first kappa shape index (κ1) is 44.4. The summed E-state index contributed by atoms with van der Waals surface area (Å²) in [6, 6.07) is 7.12. The number of fused-ring (bicyclic) bond motifs is 14. The lowest BCUT2D eigenvalue weighted by Crippen LogP contribution is -2.46. The molecule has 9 atom stereocenters. The van der Waals surface area contributed by atoms with Crippen LogP contribution in [0, 0.1) is 37.5 Å². The topological polar surface area (TPSA) is 214 Å². The van der Waals surface area contributed by atoms with Crippen molar-refractivity contribution in [3.05, 3.63) is 82.7 Å². The molecule has 3 aliphatic rings. The van der Waals surface area contributed by atoms with Gasteiger partial charge in [0.2, 0.25) is 0 Å². The molecule has 6 N–H and O–H groups in total. The van der Waals surface area contributed by atoms with Crippen LogP contribution in [-0.4, -0.2) is 86.7 Å². The highest BCUT2D eigenvalue weighted by Gasteiger charge is 2.50. The highest BCUT2D eigenvalue weighted by Crippen LogP contribution is 2.55. The van der Waals surface area contributed by atoms with Gasteiger partial charge in [-0.15, -0.1) is 0 Å². The van der Waals surface area contributed by atoms with E-state index in [0.717, 1.165) is 5.56 Å². The molecule has 14 heteroatoms. The van der Waals surface area contributed by atoms with E-state index in [9.17, 15) is 39.9 Å². The largest absolute Gasteiger partial charge is 0.507 e. The van der Waals surface area contributed by atoms with Gasteiger partial charge in [0.05, 0.1) is 52.5 Å². The third-order valence-electron chi connectivity index (χ3n) is 11.4. The molecule has 3 heterocycles. The number of ether oxygens (including phenoxy) is 4. The zero-order chi connectivity index (χ0) is 43.7. The quantitative estimate of drug-likeness (QED) is 0.0694. The van der Waals surface area contributed by atoms with Crippen molar-refractivity contribution in [1.29, 1.82) is 0 Å². The van der Waals surface area contributed by atoms with Crippen LogP contribution in [0.2, 0.25) is 0 Å². The van der Waals surface area contributed by atoms with Crippen LogP contribution in [-0.2, 0) is 23.8 Å². The van der Waals surface area contributed by atoms with E-state index in [4.69, 9.17) is 18.9 Å². The molecule has 6 rings (SSSR count). The molecule has 3 aliphatic heterocycles. The van der Waals surface area contributed by atoms with E-state index in [2.05, 4.69) is 10.3 Å². The molecule has 0 aliphatic carbocycles. The first-order chi connectivity index (χ1) is 27.7. The fourth-order valence-corrected chi connectivity index (χ4v) is 7.64. The minimum atomic E-state index is -2.05. The number of carbonyl (C=O) groups is 3. The predicted octanol–water partition coefficient (Wildman–Crippen LogP) is 6.81. The number of amides is 1. The van der Waals surface area contributed by atoms with Gasteiger partial charge in [-0.1, -0.05) is 63.6 Å². The lowest BCUT2D eigenvalue weighted by molar-refractivity contribution is -0.160. The van der Waals surface area contributed by atoms with Crippen LogP contribution in [0.1, 0.15) is 75.5 Å². The number of benzene rings is 3. The van der Waals surface area contributed by atoms with Crippen LogP contribution in [0.5, 0.6) is 23.0 Å². The number of hydrogen-bond donors (Lipinski definition) is 6. The van der Waals surface area contributed by atoms with Gasteiger partial charge in [0.25, 0.3) is 11.7 Å². The molecule has 9 unspecified atom stereocenters. The summed E-state index contributed by atoms with van der Waals surface area (Å²) >= 11 is 0. The van der Waals surface area contributed by atoms with E-state index >= 15 is 0 Å². The number of hydrogen-bond acceptors (Lipinski definition) is 13. The smallest absolute Gasteiger partial charge is 0.312 e. The Morgan fingerprint density at radius 2 is 1.56 bits per heavy atom. The van der Waals surface area contributed by atoms with E-state index in [1.165, 1.54) is 59.4 Å². The van der Waals surface area contributed by atoms with E-state index in [-0.39, 0.29) is 44.5 Å². The molecule has 0 saturated heterocycles. The van der Waals surface area contributed by atoms with Crippen LogP contribution in [0.3, 0.4) is 0 Å². The van der Waals surface area contributed by atoms with Crippen molar-refractivity contribution in [1.82, 2.24) is 0 Å². The van der Waals surface area contributed by atoms with Gasteiger partial charge in [-0.3, -0.25) is 19.4 Å². The number of carbonyl (C=O) groups excluding carboxylic acids is 3. The van der Waals surface area contributed by atoms with Crippen molar-refractivity contribution >= 4 is 46.0 Å². The second kappa shape index (κ2) is 17.7. The molecule has 5 bridgehead atoms. The Balaban J connectivity index is 1.73. The third-order valence-corrected chi connectivity index (χ3v) is 11.4. The second-order valence-corrected chi connectivity index (χ2v) is 15.7. The number of allylic oxidation sites excluding steroid dienone is 2. The summed E-state index contributed by atoms with van der Waals surface area (Å²) in [5.41, 5.74) is 0.994. The Bertz CT molecular complexity index is 2240. The zero-order valence-corrected chi connectivity index (χ0v) is 34.9. The summed E-state index contributed by atoms with van der Waals surface area (Å²) in [6.07, 6.45) is 4.74. The molecule has 0 fully saturated rings. The van der Waals surface area contributed by atoms with E-state index in [1.807, 2.05) is 19.1 Å². The highest BCUT2D eigenvalue weighted by molar-refractivity contribution is 6.24. The molecule has 3 aromatic rings. The van der Waals surface area contributed by atoms with Gasteiger partial charge < -0.3 is 49.8 Å². The van der Waals surface area contributed by atoms with Crippen LogP contribution >= 0.6 is 0 Å². The molecular formula is C45H54N2O12. The fourth-order valence-electron chi connectivity index (χ4n) is 7.64. The Morgan fingerprint density at radius 3 is 2.19 bits per heavy atom. The number of anilines is 1. The predicted molar refractivity (Wildman–Crippen MR) is 222 cm³/mol. The zero-order valence-electron chi connectivity index (χ0n) is 34.9. The van der Waals surface area contributed by atoms with E-state index in [0.29, 0.717) is 5.69 Å². The van der Waals surface area contributed by atoms with Crippen LogP contribution < -0.4 is 10.1 Å². The average Bonchev–Trinajstić information content (AvgIpc) is 3.46. The second-order valence-electron chi connectivity index (χ2n) is 15.7. The average molecular weight is 815 g/mol. The van der Waals surface area contributed by atoms with Crippen molar-refractivity contribution < 1.29 is 58.9 Å². The summed E-state index contributed by atoms with van der Waals surface area (Å²) in [5, 5.41) is 60.4. The number of aliphatic hydroxyl groups is 2. The first-order valence-electron chi connectivity index (χ1n) is 19.4. The maximum absolute atomic E-state index is 14.4. The molecule has 3 aromatic carbocycles. The fraction of sp³-hybridized carbons (Fsp3) is 0.422. The molecule has 0 saturated carbocycles. The van der Waals surface area contributed by atoms with Crippen molar-refractivity contribution in [2.45, 2.75) is 92.5 Å². The minimum Gasteiger partial charge on any atom is -0.507 e. The van der Waals surface area contributed by atoms with Crippen molar-refractivity contribution in [2.75, 3.05) is 12.4 Å². The van der Waals surface area contributed by atoms with Gasteiger partial charge in [-0.25, -0.2) is 0 Å². The van der Waals surface area contributed by atoms with Crippen LogP contribution in [0.15, 0.2) is 65.4 Å². The number of nitrogens with one attached hydrogen (secondary N) is 1. The lowest BCUT2D eigenvalue weighted by Gasteiger charge is -2.38. The number of aryl methyl sites for hydroxylation is 1. The van der Waals surface area contributed by atoms with Crippen LogP contribution in [0.4, 0.5) is 11.4 Å². The molecule has 14 nitrogen and oxygen atoms in total. The molecule has 0 radical (unpaired) electrons. The lowest BCUT2D eigenvalue weighted by atomic mass is 9.78. The summed E-state index contributed by atoms with van der Waals surface area (Å²) in [6.45, 7) is 14.4. The van der Waals surface area contributed by atoms with E-state index in [1.54, 1.807) is 52.0 Å². The van der Waals surface area contributed by atoms with Crippen LogP contribution in [0.25, 0.3) is 10.8 Å². The molecular weight excluding hydrogens is 760 g/mol. The Labute approximate surface area is 343 Å². The first-order valence-corrected chi connectivity index (χ1v) is 19.4. The SMILES string of the molecule is COC1C=COC2(C)Oc3c(C)c(O)c4c(O)c(c(C=Nc5ccc(C)cc5)c(O)c4c3C2=O)NC(=O)C(C)=CC=CC(C)C(O)C(C)C(O)C(C)C(OC(C)=O)C1C. The number of aliphatic hydroxyl groups excluding tert-OH is 2. The third kappa shape index (κ3) is 8.70. The summed E-state index contributed by atoms with van der Waals surface area (Å²) in [7, 11) is 1.43. The highest BCUT2D eigenvalue weighted by atomic mass is 16.7.